The number of hydrogen-bond donors (Lipinski definition) is 4. The molecule has 0 atom stereocenters. The van der Waals surface area contributed by atoms with E-state index < -0.39 is 0 Å². The van der Waals surface area contributed by atoms with Gasteiger partial charge >= 0.3 is 0 Å². The first-order valence-corrected chi connectivity index (χ1v) is 30.4. The van der Waals surface area contributed by atoms with E-state index in [4.69, 9.17) is 20.4 Å². The fraction of sp³-hybridized carbons (Fsp3) is 0.333. The molecule has 4 N–H and O–H groups in total. The van der Waals surface area contributed by atoms with Gasteiger partial charge in [-0.2, -0.15) is 20.4 Å². The van der Waals surface area contributed by atoms with E-state index in [1.807, 2.05) is 0 Å². The average Bonchev–Trinajstić information content (AvgIpc) is 4.50. The van der Waals surface area contributed by atoms with Gasteiger partial charge in [-0.1, -0.05) is 250 Å². The van der Waals surface area contributed by atoms with Crippen molar-refractivity contribution in [1.29, 1.82) is 0 Å². The van der Waals surface area contributed by atoms with Crippen LogP contribution in [0.25, 0.3) is 101 Å². The number of benzene rings is 6. The zero-order valence-corrected chi connectivity index (χ0v) is 47.9. The SMILES string of the molecule is CCCCCCCc1c(-c2ccccc2)n[nH]c1-c1cccc(-c2[nH]nc(-c3ccc(-c4ccc(-c5n[nH]c(-c6cccc(-c7[nH]nc(-c8ccccc8)c7CCCCC)c6)c5CCCCC)cc4)cc3)c2CCCCCCC)c1. The molecule has 0 aliphatic heterocycles. The summed E-state index contributed by atoms with van der Waals surface area (Å²) in [5.74, 6) is 0. The first-order chi connectivity index (χ1) is 39.6. The van der Waals surface area contributed by atoms with Crippen LogP contribution in [-0.4, -0.2) is 40.8 Å². The van der Waals surface area contributed by atoms with Gasteiger partial charge in [0, 0.05) is 66.8 Å². The minimum atomic E-state index is 0.952. The molecule has 0 aliphatic rings. The lowest BCUT2D eigenvalue weighted by molar-refractivity contribution is 0.633. The molecule has 0 spiro atoms. The second-order valence-corrected chi connectivity index (χ2v) is 22.0. The Kier molecular flexibility index (Phi) is 19.3. The minimum Gasteiger partial charge on any atom is -0.277 e. The van der Waals surface area contributed by atoms with Crippen molar-refractivity contribution in [2.45, 2.75) is 156 Å². The summed E-state index contributed by atoms with van der Waals surface area (Å²) in [7, 11) is 0. The largest absolute Gasteiger partial charge is 0.277 e. The number of unbranched alkanes of at least 4 members (excludes halogenated alkanes) is 12. The lowest BCUT2D eigenvalue weighted by Crippen LogP contribution is -1.94. The van der Waals surface area contributed by atoms with Gasteiger partial charge in [-0.25, -0.2) is 0 Å². The average molecular weight is 1060 g/mol. The molecule has 0 aliphatic carbocycles. The summed E-state index contributed by atoms with van der Waals surface area (Å²) in [4.78, 5) is 0. The Hall–Kier alpha value is -7.84. The first-order valence-electron chi connectivity index (χ1n) is 30.4. The maximum atomic E-state index is 5.10. The van der Waals surface area contributed by atoms with E-state index in [2.05, 4.69) is 206 Å². The normalized spacial score (nSPS) is 11.5. The number of rotatable bonds is 29. The van der Waals surface area contributed by atoms with Crippen molar-refractivity contribution in [3.05, 3.63) is 180 Å². The fourth-order valence-corrected chi connectivity index (χ4v) is 11.8. The van der Waals surface area contributed by atoms with E-state index in [1.54, 1.807) is 0 Å². The third kappa shape index (κ3) is 13.1. The molecule has 4 heterocycles. The molecule has 80 heavy (non-hydrogen) atoms. The Labute approximate surface area is 475 Å². The highest BCUT2D eigenvalue weighted by atomic mass is 15.1. The molecule has 0 radical (unpaired) electrons. The van der Waals surface area contributed by atoms with E-state index in [-0.39, 0.29) is 0 Å². The van der Waals surface area contributed by atoms with Gasteiger partial charge in [0.05, 0.1) is 45.6 Å². The van der Waals surface area contributed by atoms with Gasteiger partial charge in [-0.3, -0.25) is 20.4 Å². The zero-order chi connectivity index (χ0) is 54.9. The second-order valence-electron chi connectivity index (χ2n) is 22.0. The molecule has 0 amide bonds. The van der Waals surface area contributed by atoms with Crippen LogP contribution in [-0.2, 0) is 25.7 Å². The number of aromatic nitrogens is 8. The summed E-state index contributed by atoms with van der Waals surface area (Å²) < 4.78 is 0. The predicted molar refractivity (Wildman–Crippen MR) is 335 cm³/mol. The molecule has 4 aromatic heterocycles. The minimum absolute atomic E-state index is 0.952. The Balaban J connectivity index is 0.910. The zero-order valence-electron chi connectivity index (χ0n) is 47.9. The Morgan fingerprint density at radius 2 is 0.475 bits per heavy atom. The Bertz CT molecular complexity index is 3480. The Morgan fingerprint density at radius 1 is 0.237 bits per heavy atom. The number of H-pyrrole nitrogens is 4. The number of hydrogen-bond acceptors (Lipinski definition) is 4. The monoisotopic (exact) mass is 1060 g/mol. The summed E-state index contributed by atoms with van der Waals surface area (Å²) in [5, 5.41) is 34.1. The van der Waals surface area contributed by atoms with E-state index in [0.717, 1.165) is 148 Å². The van der Waals surface area contributed by atoms with Crippen LogP contribution in [0.2, 0.25) is 0 Å². The molecule has 8 nitrogen and oxygen atoms in total. The van der Waals surface area contributed by atoms with Crippen molar-refractivity contribution in [2.75, 3.05) is 0 Å². The molecule has 6 aromatic carbocycles. The van der Waals surface area contributed by atoms with Crippen LogP contribution >= 0.6 is 0 Å². The number of nitrogens with zero attached hydrogens (tertiary/aromatic N) is 4. The maximum absolute atomic E-state index is 5.10. The van der Waals surface area contributed by atoms with Crippen LogP contribution in [0.15, 0.2) is 158 Å². The lowest BCUT2D eigenvalue weighted by Gasteiger charge is -2.11. The third-order valence-electron chi connectivity index (χ3n) is 16.2. The molecule has 10 rings (SSSR count). The first kappa shape index (κ1) is 55.5. The van der Waals surface area contributed by atoms with Crippen LogP contribution in [0.5, 0.6) is 0 Å². The van der Waals surface area contributed by atoms with E-state index >= 15 is 0 Å². The van der Waals surface area contributed by atoms with Crippen molar-refractivity contribution in [3.8, 4) is 101 Å². The highest BCUT2D eigenvalue weighted by Gasteiger charge is 2.23. The summed E-state index contributed by atoms with van der Waals surface area (Å²) in [6.45, 7) is 9.10. The molecule has 0 saturated carbocycles. The van der Waals surface area contributed by atoms with Crippen LogP contribution in [0.1, 0.15) is 153 Å². The molecule has 0 saturated heterocycles. The summed E-state index contributed by atoms with van der Waals surface area (Å²) in [5.41, 5.74) is 25.2. The molecule has 0 fully saturated rings. The van der Waals surface area contributed by atoms with Gasteiger partial charge in [0.1, 0.15) is 0 Å². The molecule has 0 bridgehead atoms. The maximum Gasteiger partial charge on any atom is 0.0959 e. The van der Waals surface area contributed by atoms with E-state index in [9.17, 15) is 0 Å². The molecular formula is C72H82N8. The lowest BCUT2D eigenvalue weighted by atomic mass is 9.93. The van der Waals surface area contributed by atoms with E-state index in [1.165, 1.54) is 104 Å². The fourth-order valence-electron chi connectivity index (χ4n) is 11.8. The summed E-state index contributed by atoms with van der Waals surface area (Å²) in [6, 6.07) is 57.1. The van der Waals surface area contributed by atoms with Crippen LogP contribution in [0, 0.1) is 0 Å². The van der Waals surface area contributed by atoms with Gasteiger partial charge in [0.15, 0.2) is 0 Å². The smallest absolute Gasteiger partial charge is 0.0959 e. The van der Waals surface area contributed by atoms with Crippen molar-refractivity contribution < 1.29 is 0 Å². The Morgan fingerprint density at radius 3 is 0.775 bits per heavy atom. The van der Waals surface area contributed by atoms with Gasteiger partial charge in [-0.15, -0.1) is 0 Å². The topological polar surface area (TPSA) is 115 Å². The van der Waals surface area contributed by atoms with Crippen LogP contribution in [0.3, 0.4) is 0 Å². The quantitative estimate of drug-likeness (QED) is 0.0350. The van der Waals surface area contributed by atoms with Gasteiger partial charge in [-0.05, 0) is 74.6 Å². The van der Waals surface area contributed by atoms with Crippen molar-refractivity contribution >= 4 is 0 Å². The van der Waals surface area contributed by atoms with Gasteiger partial charge < -0.3 is 0 Å². The van der Waals surface area contributed by atoms with Crippen molar-refractivity contribution in [1.82, 2.24) is 40.8 Å². The molecule has 8 heteroatoms. The van der Waals surface area contributed by atoms with Gasteiger partial charge in [0.25, 0.3) is 0 Å². The van der Waals surface area contributed by atoms with Crippen molar-refractivity contribution in [3.63, 3.8) is 0 Å². The number of aromatic amines is 4. The molecular weight excluding hydrogens is 977 g/mol. The molecule has 0 unspecified atom stereocenters. The van der Waals surface area contributed by atoms with Gasteiger partial charge in [0.2, 0.25) is 0 Å². The standard InChI is InChI=1S/C72H82N8/c1-5-9-13-15-25-39-63-66(54-31-23-18-24-32-54)74-78-71(63)59-35-28-36-60(50-59)72-64(40-26-16-14-10-6-2)68(76-80-72)56-47-43-52(44-48-56)51-41-45-55(46-42-51)67-62(38-20-12-8-4)70(79-75-67)58-34-27-33-57(49-58)69-61(37-19-11-7-3)65(73-77-69)53-29-21-17-22-30-53/h17-18,21-24,27-36,41-50H,5-16,19-20,25-26,37-40H2,1-4H3,(H,73,77)(H,74,78)(H,75,79)(H,76,80). The van der Waals surface area contributed by atoms with E-state index in [0.29, 0.717) is 0 Å². The third-order valence-corrected chi connectivity index (χ3v) is 16.2. The predicted octanol–water partition coefficient (Wildman–Crippen LogP) is 20.1. The second kappa shape index (κ2) is 27.8. The summed E-state index contributed by atoms with van der Waals surface area (Å²) >= 11 is 0. The summed E-state index contributed by atoms with van der Waals surface area (Å²) in [6.07, 6.45) is 23.1. The van der Waals surface area contributed by atoms with Crippen LogP contribution < -0.4 is 0 Å². The van der Waals surface area contributed by atoms with Crippen LogP contribution in [0.4, 0.5) is 0 Å². The number of nitrogens with one attached hydrogen (secondary N) is 4. The highest BCUT2D eigenvalue weighted by Crippen LogP contribution is 2.40. The molecule has 10 aromatic rings. The van der Waals surface area contributed by atoms with Crippen molar-refractivity contribution in [2.24, 2.45) is 0 Å². The molecule has 410 valence electrons. The highest BCUT2D eigenvalue weighted by molar-refractivity contribution is 5.83.